The molecule has 0 amide bonds. The van der Waals surface area contributed by atoms with Gasteiger partial charge >= 0.3 is 0 Å². The van der Waals surface area contributed by atoms with Gasteiger partial charge in [-0.2, -0.15) is 0 Å². The summed E-state index contributed by atoms with van der Waals surface area (Å²) in [6.45, 7) is 0.270. The summed E-state index contributed by atoms with van der Waals surface area (Å²) in [7, 11) is 0. The molecule has 2 nitrogen and oxygen atoms in total. The van der Waals surface area contributed by atoms with Crippen molar-refractivity contribution in [1.82, 2.24) is 0 Å². The van der Waals surface area contributed by atoms with Crippen LogP contribution in [0.3, 0.4) is 0 Å². The minimum Gasteiger partial charge on any atom is -0.392 e. The molecule has 0 fully saturated rings. The Hall–Kier alpha value is -0.340. The first-order valence-corrected chi connectivity index (χ1v) is 2.80. The van der Waals surface area contributed by atoms with Crippen molar-refractivity contribution >= 4 is 0 Å². The molecule has 0 aliphatic heterocycles. The van der Waals surface area contributed by atoms with Crippen molar-refractivity contribution in [2.45, 2.75) is 12.8 Å². The van der Waals surface area contributed by atoms with Gasteiger partial charge < -0.3 is 10.2 Å². The van der Waals surface area contributed by atoms with Gasteiger partial charge in [-0.15, -0.1) is 0 Å². The lowest BCUT2D eigenvalue weighted by Crippen LogP contribution is -2.10. The van der Waals surface area contributed by atoms with Crippen LogP contribution in [-0.2, 0) is 0 Å². The van der Waals surface area contributed by atoms with Crippen molar-refractivity contribution < 1.29 is 10.2 Å². The SMILES string of the molecule is OCC1=C(CO)CC1. The third kappa shape index (κ3) is 0.767. The van der Waals surface area contributed by atoms with Crippen LogP contribution in [0.1, 0.15) is 12.8 Å². The zero-order chi connectivity index (χ0) is 5.98. The highest BCUT2D eigenvalue weighted by Crippen LogP contribution is 2.25. The fraction of sp³-hybridized carbons (Fsp3) is 0.667. The standard InChI is InChI=1S/C6H10O2/c7-3-5-1-2-6(5)4-8/h7-8H,1-4H2. The highest BCUT2D eigenvalue weighted by molar-refractivity contribution is 5.24. The third-order valence-corrected chi connectivity index (χ3v) is 1.61. The summed E-state index contributed by atoms with van der Waals surface area (Å²) in [5.74, 6) is 0. The Labute approximate surface area is 48.5 Å². The number of hydrogen-bond acceptors (Lipinski definition) is 2. The molecule has 0 unspecified atom stereocenters. The third-order valence-electron chi connectivity index (χ3n) is 1.61. The van der Waals surface area contributed by atoms with Crippen LogP contribution in [0.4, 0.5) is 0 Å². The van der Waals surface area contributed by atoms with Crippen molar-refractivity contribution in [3.8, 4) is 0 Å². The largest absolute Gasteiger partial charge is 0.392 e. The Morgan fingerprint density at radius 2 is 1.38 bits per heavy atom. The van der Waals surface area contributed by atoms with E-state index in [1.807, 2.05) is 0 Å². The van der Waals surface area contributed by atoms with E-state index in [2.05, 4.69) is 0 Å². The van der Waals surface area contributed by atoms with Gasteiger partial charge in [0.15, 0.2) is 0 Å². The van der Waals surface area contributed by atoms with Crippen molar-refractivity contribution in [2.24, 2.45) is 0 Å². The number of rotatable bonds is 2. The molecule has 8 heavy (non-hydrogen) atoms. The summed E-state index contributed by atoms with van der Waals surface area (Å²) < 4.78 is 0. The molecule has 0 heterocycles. The van der Waals surface area contributed by atoms with Gasteiger partial charge in [0.05, 0.1) is 13.2 Å². The van der Waals surface area contributed by atoms with Crippen LogP contribution in [-0.4, -0.2) is 23.4 Å². The maximum absolute atomic E-state index is 8.52. The number of aliphatic hydroxyl groups is 2. The zero-order valence-corrected chi connectivity index (χ0v) is 4.72. The molecule has 2 N–H and O–H groups in total. The molecule has 0 radical (unpaired) electrons. The normalized spacial score (nSPS) is 18.8. The highest BCUT2D eigenvalue weighted by Gasteiger charge is 2.13. The van der Waals surface area contributed by atoms with Crippen molar-refractivity contribution in [1.29, 1.82) is 0 Å². The van der Waals surface area contributed by atoms with Crippen LogP contribution in [0.25, 0.3) is 0 Å². The minimum atomic E-state index is 0.135. The molecular formula is C6H10O2. The Morgan fingerprint density at radius 1 is 1.00 bits per heavy atom. The summed E-state index contributed by atoms with van der Waals surface area (Å²) in [6.07, 6.45) is 1.96. The molecular weight excluding hydrogens is 104 g/mol. The lowest BCUT2D eigenvalue weighted by molar-refractivity contribution is 0.290. The average molecular weight is 114 g/mol. The summed E-state index contributed by atoms with van der Waals surface area (Å²) in [5, 5.41) is 17.0. The second-order valence-electron chi connectivity index (χ2n) is 2.02. The topological polar surface area (TPSA) is 40.5 Å². The smallest absolute Gasteiger partial charge is 0.0645 e. The summed E-state index contributed by atoms with van der Waals surface area (Å²) in [4.78, 5) is 0. The Morgan fingerprint density at radius 3 is 1.50 bits per heavy atom. The van der Waals surface area contributed by atoms with Gasteiger partial charge in [0.25, 0.3) is 0 Å². The van der Waals surface area contributed by atoms with Gasteiger partial charge in [0, 0.05) is 0 Å². The lowest BCUT2D eigenvalue weighted by atomic mass is 9.90. The fourth-order valence-electron chi connectivity index (χ4n) is 0.860. The second-order valence-corrected chi connectivity index (χ2v) is 2.02. The molecule has 1 rings (SSSR count). The van der Waals surface area contributed by atoms with E-state index in [0.717, 1.165) is 24.0 Å². The van der Waals surface area contributed by atoms with Crippen molar-refractivity contribution in [3.05, 3.63) is 11.1 Å². The molecule has 0 aromatic carbocycles. The van der Waals surface area contributed by atoms with E-state index >= 15 is 0 Å². The van der Waals surface area contributed by atoms with Gasteiger partial charge in [0.1, 0.15) is 0 Å². The number of hydrogen-bond donors (Lipinski definition) is 2. The van der Waals surface area contributed by atoms with Gasteiger partial charge in [-0.25, -0.2) is 0 Å². The quantitative estimate of drug-likeness (QED) is 0.498. The maximum Gasteiger partial charge on any atom is 0.0645 e. The molecule has 46 valence electrons. The van der Waals surface area contributed by atoms with Crippen LogP contribution in [0, 0.1) is 0 Å². The van der Waals surface area contributed by atoms with E-state index in [9.17, 15) is 0 Å². The van der Waals surface area contributed by atoms with Crippen molar-refractivity contribution in [2.75, 3.05) is 13.2 Å². The molecule has 0 saturated carbocycles. The van der Waals surface area contributed by atoms with Crippen LogP contribution < -0.4 is 0 Å². The molecule has 0 aromatic heterocycles. The van der Waals surface area contributed by atoms with Crippen LogP contribution in [0.15, 0.2) is 11.1 Å². The van der Waals surface area contributed by atoms with Crippen molar-refractivity contribution in [3.63, 3.8) is 0 Å². The molecule has 1 aliphatic carbocycles. The van der Waals surface area contributed by atoms with Gasteiger partial charge in [0.2, 0.25) is 0 Å². The molecule has 1 aliphatic rings. The first kappa shape index (κ1) is 5.79. The average Bonchev–Trinajstić information content (AvgIpc) is 1.66. The van der Waals surface area contributed by atoms with E-state index in [1.165, 1.54) is 0 Å². The highest BCUT2D eigenvalue weighted by atomic mass is 16.3. The zero-order valence-electron chi connectivity index (χ0n) is 4.72. The van der Waals surface area contributed by atoms with Gasteiger partial charge in [-0.1, -0.05) is 0 Å². The van der Waals surface area contributed by atoms with Crippen LogP contribution in [0.2, 0.25) is 0 Å². The van der Waals surface area contributed by atoms with E-state index in [4.69, 9.17) is 10.2 Å². The Balaban J connectivity index is 2.49. The molecule has 0 bridgehead atoms. The van der Waals surface area contributed by atoms with Crippen LogP contribution >= 0.6 is 0 Å². The van der Waals surface area contributed by atoms with E-state index in [0.29, 0.717) is 0 Å². The first-order chi connectivity index (χ1) is 3.88. The van der Waals surface area contributed by atoms with E-state index in [-0.39, 0.29) is 13.2 Å². The summed E-state index contributed by atoms with van der Waals surface area (Å²) >= 11 is 0. The maximum atomic E-state index is 8.52. The van der Waals surface area contributed by atoms with Gasteiger partial charge in [-0.3, -0.25) is 0 Å². The Kier molecular flexibility index (Phi) is 1.65. The predicted molar refractivity (Wildman–Crippen MR) is 30.4 cm³/mol. The molecule has 2 heteroatoms. The molecule has 0 spiro atoms. The molecule has 0 saturated heterocycles. The molecule has 0 aromatic rings. The summed E-state index contributed by atoms with van der Waals surface area (Å²) in [6, 6.07) is 0. The Bertz CT molecular complexity index is 102. The lowest BCUT2D eigenvalue weighted by Gasteiger charge is -2.19. The first-order valence-electron chi connectivity index (χ1n) is 2.80. The van der Waals surface area contributed by atoms with E-state index < -0.39 is 0 Å². The predicted octanol–water partition coefficient (Wildman–Crippen LogP) is 0.0614. The number of aliphatic hydroxyl groups excluding tert-OH is 2. The second kappa shape index (κ2) is 2.29. The minimum absolute atomic E-state index is 0.135. The summed E-state index contributed by atoms with van der Waals surface area (Å²) in [5.41, 5.74) is 2.07. The van der Waals surface area contributed by atoms with Gasteiger partial charge in [-0.05, 0) is 24.0 Å². The monoisotopic (exact) mass is 114 g/mol. The molecule has 0 atom stereocenters. The van der Waals surface area contributed by atoms with Crippen LogP contribution in [0.5, 0.6) is 0 Å². The van der Waals surface area contributed by atoms with E-state index in [1.54, 1.807) is 0 Å². The fourth-order valence-corrected chi connectivity index (χ4v) is 0.860.